The number of quaternary nitrogens is 1. The number of carbonyl (C=O) groups is 2. The molecule has 1 N–H and O–H groups in total. The van der Waals surface area contributed by atoms with Gasteiger partial charge in [0.15, 0.2) is 6.10 Å². The van der Waals surface area contributed by atoms with Gasteiger partial charge >= 0.3 is 19.8 Å². The second-order valence-electron chi connectivity index (χ2n) is 16.1. The van der Waals surface area contributed by atoms with Gasteiger partial charge in [-0.25, -0.2) is 4.57 Å². The molecule has 0 aliphatic heterocycles. The number of hydrogen-bond donors (Lipinski definition) is 1. The van der Waals surface area contributed by atoms with E-state index in [1.54, 1.807) is 0 Å². The van der Waals surface area contributed by atoms with Gasteiger partial charge in [0.05, 0.1) is 27.7 Å². The van der Waals surface area contributed by atoms with Crippen molar-refractivity contribution in [3.8, 4) is 0 Å². The quantitative estimate of drug-likeness (QED) is 0.0215. The number of nitrogens with zero attached hydrogens (tertiary/aromatic N) is 1. The molecule has 9 nitrogen and oxygen atoms in total. The highest BCUT2D eigenvalue weighted by Gasteiger charge is 2.27. The van der Waals surface area contributed by atoms with Gasteiger partial charge in [0, 0.05) is 12.8 Å². The Hall–Kier alpha value is -1.51. The Morgan fingerprint density at radius 2 is 0.944 bits per heavy atom. The van der Waals surface area contributed by atoms with Crippen LogP contribution in [0.3, 0.4) is 0 Å². The molecule has 54 heavy (non-hydrogen) atoms. The number of unbranched alkanes of at least 4 members (excludes halogenated alkanes) is 22. The number of likely N-dealkylation sites (N-methyl/N-ethyl adjacent to an activating group) is 1. The van der Waals surface area contributed by atoms with E-state index in [2.05, 4.69) is 38.2 Å². The molecule has 0 aliphatic carbocycles. The molecule has 318 valence electrons. The molecular formula is C44H85NO8P+. The topological polar surface area (TPSA) is 108 Å². The van der Waals surface area contributed by atoms with Crippen LogP contribution in [0.25, 0.3) is 0 Å². The summed E-state index contributed by atoms with van der Waals surface area (Å²) in [6.07, 6.45) is 39.3. The zero-order valence-electron chi connectivity index (χ0n) is 35.7. The van der Waals surface area contributed by atoms with Crippen molar-refractivity contribution in [2.75, 3.05) is 47.5 Å². The van der Waals surface area contributed by atoms with E-state index in [1.807, 2.05) is 21.1 Å². The van der Waals surface area contributed by atoms with Crippen molar-refractivity contribution in [2.24, 2.45) is 0 Å². The molecule has 2 atom stereocenters. The number of phosphoric acid groups is 1. The van der Waals surface area contributed by atoms with Gasteiger partial charge in [0.25, 0.3) is 0 Å². The summed E-state index contributed by atoms with van der Waals surface area (Å²) in [5.41, 5.74) is 0. The van der Waals surface area contributed by atoms with Crippen molar-refractivity contribution in [3.63, 3.8) is 0 Å². The number of carbonyl (C=O) groups excluding carboxylic acids is 2. The van der Waals surface area contributed by atoms with Gasteiger partial charge in [0.2, 0.25) is 0 Å². The number of ether oxygens (including phenoxy) is 2. The SMILES string of the molecule is CCCCCC/C=C\CCCCCCCCCC(=O)OC[C@H](COP(=O)(O)OCC[N+](C)(C)C)OC(=O)CCCCCCC/C=C\CCCCCCCC. The third-order valence-electron chi connectivity index (χ3n) is 9.45. The number of hydrogen-bond acceptors (Lipinski definition) is 7. The van der Waals surface area contributed by atoms with Crippen LogP contribution in [0.2, 0.25) is 0 Å². The first-order chi connectivity index (χ1) is 26.0. The van der Waals surface area contributed by atoms with Crippen LogP contribution in [0.1, 0.15) is 194 Å². The third-order valence-corrected chi connectivity index (χ3v) is 10.4. The molecule has 0 heterocycles. The van der Waals surface area contributed by atoms with Crippen molar-refractivity contribution >= 4 is 19.8 Å². The van der Waals surface area contributed by atoms with E-state index in [4.69, 9.17) is 18.5 Å². The summed E-state index contributed by atoms with van der Waals surface area (Å²) >= 11 is 0. The van der Waals surface area contributed by atoms with E-state index in [-0.39, 0.29) is 32.0 Å². The Labute approximate surface area is 332 Å². The Morgan fingerprint density at radius 3 is 1.39 bits per heavy atom. The monoisotopic (exact) mass is 787 g/mol. The highest BCUT2D eigenvalue weighted by Crippen LogP contribution is 2.43. The molecule has 0 spiro atoms. The first kappa shape index (κ1) is 52.5. The summed E-state index contributed by atoms with van der Waals surface area (Å²) in [5, 5.41) is 0. The largest absolute Gasteiger partial charge is 0.472 e. The maximum Gasteiger partial charge on any atom is 0.472 e. The minimum Gasteiger partial charge on any atom is -0.462 e. The highest BCUT2D eigenvalue weighted by atomic mass is 31.2. The van der Waals surface area contributed by atoms with Gasteiger partial charge in [-0.15, -0.1) is 0 Å². The summed E-state index contributed by atoms with van der Waals surface area (Å²) in [4.78, 5) is 35.3. The van der Waals surface area contributed by atoms with Crippen LogP contribution in [0.5, 0.6) is 0 Å². The molecule has 10 heteroatoms. The maximum absolute atomic E-state index is 12.7. The molecule has 0 aromatic carbocycles. The lowest BCUT2D eigenvalue weighted by molar-refractivity contribution is -0.870. The molecule has 0 aromatic heterocycles. The predicted molar refractivity (Wildman–Crippen MR) is 224 cm³/mol. The summed E-state index contributed by atoms with van der Waals surface area (Å²) in [6.45, 7) is 4.40. The Bertz CT molecular complexity index is 980. The predicted octanol–water partition coefficient (Wildman–Crippen LogP) is 12.4. The molecule has 0 saturated carbocycles. The minimum absolute atomic E-state index is 0.0306. The highest BCUT2D eigenvalue weighted by molar-refractivity contribution is 7.47. The third kappa shape index (κ3) is 40.2. The van der Waals surface area contributed by atoms with Crippen LogP contribution in [0, 0.1) is 0 Å². The molecule has 0 bridgehead atoms. The fourth-order valence-corrected chi connectivity index (χ4v) is 6.69. The Kier molecular flexibility index (Phi) is 36.1. The number of esters is 2. The molecule has 0 amide bonds. The van der Waals surface area contributed by atoms with E-state index in [0.29, 0.717) is 17.4 Å². The number of rotatable bonds is 40. The fourth-order valence-electron chi connectivity index (χ4n) is 5.94. The van der Waals surface area contributed by atoms with Gasteiger partial charge in [-0.1, -0.05) is 141 Å². The van der Waals surface area contributed by atoms with Crippen molar-refractivity contribution in [1.29, 1.82) is 0 Å². The Morgan fingerprint density at radius 1 is 0.556 bits per heavy atom. The molecular weight excluding hydrogens is 701 g/mol. The maximum atomic E-state index is 12.7. The molecule has 0 rings (SSSR count). The molecule has 0 radical (unpaired) electrons. The van der Waals surface area contributed by atoms with E-state index >= 15 is 0 Å². The van der Waals surface area contributed by atoms with Crippen molar-refractivity contribution in [2.45, 2.75) is 200 Å². The van der Waals surface area contributed by atoms with Crippen molar-refractivity contribution in [3.05, 3.63) is 24.3 Å². The average molecular weight is 787 g/mol. The summed E-state index contributed by atoms with van der Waals surface area (Å²) in [7, 11) is 1.47. The molecule has 0 fully saturated rings. The van der Waals surface area contributed by atoms with Crippen molar-refractivity contribution < 1.29 is 42.1 Å². The van der Waals surface area contributed by atoms with Gasteiger partial charge < -0.3 is 18.9 Å². The smallest absolute Gasteiger partial charge is 0.462 e. The zero-order chi connectivity index (χ0) is 40.0. The van der Waals surface area contributed by atoms with Gasteiger partial charge in [0.1, 0.15) is 19.8 Å². The Balaban J connectivity index is 4.37. The summed E-state index contributed by atoms with van der Waals surface area (Å²) in [6, 6.07) is 0. The number of allylic oxidation sites excluding steroid dienone is 4. The molecule has 0 aromatic rings. The lowest BCUT2D eigenvalue weighted by Crippen LogP contribution is -2.37. The molecule has 0 aliphatic rings. The lowest BCUT2D eigenvalue weighted by Gasteiger charge is -2.24. The van der Waals surface area contributed by atoms with Gasteiger partial charge in [-0.2, -0.15) is 0 Å². The van der Waals surface area contributed by atoms with Crippen LogP contribution in [-0.4, -0.2) is 74.9 Å². The average Bonchev–Trinajstić information content (AvgIpc) is 3.12. The van der Waals surface area contributed by atoms with E-state index in [0.717, 1.165) is 57.8 Å². The first-order valence-corrected chi connectivity index (χ1v) is 23.6. The van der Waals surface area contributed by atoms with Crippen LogP contribution in [0.4, 0.5) is 0 Å². The van der Waals surface area contributed by atoms with E-state index < -0.39 is 26.5 Å². The molecule has 0 saturated heterocycles. The summed E-state index contributed by atoms with van der Waals surface area (Å²) < 4.78 is 34.3. The lowest BCUT2D eigenvalue weighted by atomic mass is 10.1. The fraction of sp³-hybridized carbons (Fsp3) is 0.864. The molecule has 1 unspecified atom stereocenters. The minimum atomic E-state index is -4.37. The van der Waals surface area contributed by atoms with E-state index in [9.17, 15) is 19.0 Å². The van der Waals surface area contributed by atoms with Crippen LogP contribution < -0.4 is 0 Å². The van der Waals surface area contributed by atoms with Gasteiger partial charge in [-0.3, -0.25) is 18.6 Å². The summed E-state index contributed by atoms with van der Waals surface area (Å²) in [5.74, 6) is -0.810. The van der Waals surface area contributed by atoms with E-state index in [1.165, 1.54) is 103 Å². The second-order valence-corrected chi connectivity index (χ2v) is 17.5. The zero-order valence-corrected chi connectivity index (χ0v) is 36.6. The van der Waals surface area contributed by atoms with Crippen LogP contribution in [-0.2, 0) is 32.7 Å². The van der Waals surface area contributed by atoms with Crippen LogP contribution in [0.15, 0.2) is 24.3 Å². The second kappa shape index (κ2) is 37.1. The first-order valence-electron chi connectivity index (χ1n) is 22.1. The van der Waals surface area contributed by atoms with Crippen molar-refractivity contribution in [1.82, 2.24) is 0 Å². The number of phosphoric ester groups is 1. The van der Waals surface area contributed by atoms with Gasteiger partial charge in [-0.05, 0) is 64.2 Å². The standard InChI is InChI=1S/C44H84NO8P/c1-6-8-10-12-14-16-18-20-22-24-26-28-30-32-34-36-43(46)50-40-42(41-52-54(48,49)51-39-38-45(3,4)5)53-44(47)37-35-33-31-29-27-25-23-21-19-17-15-13-11-9-7-2/h16,18,21,23,42H,6-15,17,19-20,22,24-41H2,1-5H3/p+1/b18-16-,23-21-/t42-/m1/s1. The normalized spacial score (nSPS) is 13.8. The van der Waals surface area contributed by atoms with Crippen LogP contribution >= 0.6 is 7.82 Å².